The van der Waals surface area contributed by atoms with Gasteiger partial charge in [-0.05, 0) is 48.1 Å². The lowest BCUT2D eigenvalue weighted by atomic mass is 9.96. The van der Waals surface area contributed by atoms with E-state index in [0.29, 0.717) is 11.6 Å². The number of carbonyl (C=O) groups excluding carboxylic acids is 1. The molecular weight excluding hydrogens is 538 g/mol. The summed E-state index contributed by atoms with van der Waals surface area (Å²) in [5, 5.41) is 22.9. The van der Waals surface area contributed by atoms with Gasteiger partial charge in [0.25, 0.3) is 5.91 Å². The lowest BCUT2D eigenvalue weighted by molar-refractivity contribution is -0.136. The topological polar surface area (TPSA) is 104 Å². The Hall–Kier alpha value is -5.01. The van der Waals surface area contributed by atoms with Gasteiger partial charge in [0.05, 0.1) is 23.7 Å². The van der Waals surface area contributed by atoms with Gasteiger partial charge in [0.2, 0.25) is 0 Å². The minimum Gasteiger partial charge on any atom is -0.481 e. The Morgan fingerprint density at radius 2 is 1.30 bits per heavy atom. The van der Waals surface area contributed by atoms with E-state index in [2.05, 4.69) is 13.8 Å². The van der Waals surface area contributed by atoms with Crippen LogP contribution in [0.2, 0.25) is 0 Å². The zero-order valence-corrected chi connectivity index (χ0v) is 24.6. The largest absolute Gasteiger partial charge is 0.481 e. The van der Waals surface area contributed by atoms with Gasteiger partial charge in [-0.2, -0.15) is 5.10 Å². The van der Waals surface area contributed by atoms with E-state index in [1.165, 1.54) is 5.56 Å². The first kappa shape index (κ1) is 30.9. The van der Waals surface area contributed by atoms with Crippen LogP contribution >= 0.6 is 0 Å². The second-order valence-electron chi connectivity index (χ2n) is 10.8. The fourth-order valence-electron chi connectivity index (χ4n) is 4.91. The average Bonchev–Trinajstić information content (AvgIpc) is 3.40. The standard InChI is InChI=1S/C23H18N2O2.C13H19NO2/c26-21(27)16-20-22(17-10-4-1-5-11-17)23(18-12-6-2-7-13-18)24-25(20)19-14-8-3-9-15-19;1-9(2)8-11-4-6-12(7-5-11)10(3)13(15)14-16/h1-15H,16H2,(H,26,27);4-7,9-10,16H,8H2,1-3H3,(H,14,15). The molecule has 0 aliphatic rings. The number of nitrogens with zero attached hydrogens (tertiary/aromatic N) is 2. The Balaban J connectivity index is 0.000000227. The third-order valence-corrected chi connectivity index (χ3v) is 7.04. The molecule has 0 spiro atoms. The maximum atomic E-state index is 11.6. The molecule has 1 amide bonds. The number of hydrogen-bond donors (Lipinski definition) is 3. The molecule has 7 heteroatoms. The molecule has 1 unspecified atom stereocenters. The number of aliphatic carboxylic acids is 1. The number of carboxylic acids is 1. The molecule has 3 N–H and O–H groups in total. The van der Waals surface area contributed by atoms with Crippen molar-refractivity contribution in [3.63, 3.8) is 0 Å². The molecule has 0 radical (unpaired) electrons. The van der Waals surface area contributed by atoms with Gasteiger partial charge in [0, 0.05) is 11.1 Å². The van der Waals surface area contributed by atoms with Gasteiger partial charge in [-0.15, -0.1) is 0 Å². The maximum Gasteiger partial charge on any atom is 0.309 e. The van der Waals surface area contributed by atoms with E-state index in [1.54, 1.807) is 17.1 Å². The van der Waals surface area contributed by atoms with Gasteiger partial charge in [-0.25, -0.2) is 10.2 Å². The van der Waals surface area contributed by atoms with Crippen LogP contribution in [0.5, 0.6) is 0 Å². The smallest absolute Gasteiger partial charge is 0.309 e. The van der Waals surface area contributed by atoms with Gasteiger partial charge in [-0.3, -0.25) is 14.8 Å². The number of amides is 1. The van der Waals surface area contributed by atoms with Gasteiger partial charge in [-0.1, -0.05) is 117 Å². The Morgan fingerprint density at radius 1 is 0.767 bits per heavy atom. The highest BCUT2D eigenvalue weighted by atomic mass is 16.5. The molecule has 220 valence electrons. The molecule has 1 atom stereocenters. The second kappa shape index (κ2) is 14.8. The third kappa shape index (κ3) is 8.05. The highest BCUT2D eigenvalue weighted by Crippen LogP contribution is 2.36. The third-order valence-electron chi connectivity index (χ3n) is 7.04. The lowest BCUT2D eigenvalue weighted by Crippen LogP contribution is -2.24. The Kier molecular flexibility index (Phi) is 10.6. The van der Waals surface area contributed by atoms with Crippen LogP contribution in [0.1, 0.15) is 43.5 Å². The van der Waals surface area contributed by atoms with Crippen LogP contribution in [0, 0.1) is 5.92 Å². The summed E-state index contributed by atoms with van der Waals surface area (Å²) in [6, 6.07) is 37.3. The summed E-state index contributed by atoms with van der Waals surface area (Å²) in [6.07, 6.45) is 0.930. The number of hydroxylamine groups is 1. The molecule has 0 fully saturated rings. The van der Waals surface area contributed by atoms with E-state index in [0.717, 1.165) is 40.1 Å². The number of nitrogens with one attached hydrogen (secondary N) is 1. The van der Waals surface area contributed by atoms with Gasteiger partial charge in [0.15, 0.2) is 0 Å². The van der Waals surface area contributed by atoms with Crippen LogP contribution < -0.4 is 5.48 Å². The summed E-state index contributed by atoms with van der Waals surface area (Å²) in [5.41, 5.74) is 8.91. The van der Waals surface area contributed by atoms with E-state index in [-0.39, 0.29) is 18.2 Å². The molecular formula is C36H37N3O4. The number of aromatic nitrogens is 2. The maximum absolute atomic E-state index is 11.6. The summed E-state index contributed by atoms with van der Waals surface area (Å²) in [6.45, 7) is 6.12. The fourth-order valence-corrected chi connectivity index (χ4v) is 4.91. The summed E-state index contributed by atoms with van der Waals surface area (Å²) >= 11 is 0. The minimum atomic E-state index is -0.885. The van der Waals surface area contributed by atoms with Crippen molar-refractivity contribution < 1.29 is 19.9 Å². The molecule has 1 aromatic heterocycles. The van der Waals surface area contributed by atoms with Crippen LogP contribution in [-0.2, 0) is 22.4 Å². The van der Waals surface area contributed by atoms with Crippen LogP contribution in [0.25, 0.3) is 28.1 Å². The monoisotopic (exact) mass is 575 g/mol. The van der Waals surface area contributed by atoms with Crippen LogP contribution in [0.4, 0.5) is 0 Å². The molecule has 43 heavy (non-hydrogen) atoms. The molecule has 5 rings (SSSR count). The molecule has 0 saturated heterocycles. The summed E-state index contributed by atoms with van der Waals surface area (Å²) in [5.74, 6) is -0.956. The number of rotatable bonds is 9. The number of benzene rings is 4. The molecule has 0 bridgehead atoms. The minimum absolute atomic E-state index is 0.112. The van der Waals surface area contributed by atoms with E-state index < -0.39 is 5.97 Å². The number of para-hydroxylation sites is 1. The van der Waals surface area contributed by atoms with Crippen molar-refractivity contribution >= 4 is 11.9 Å². The van der Waals surface area contributed by atoms with E-state index >= 15 is 0 Å². The SMILES string of the molecule is CC(C)Cc1ccc(C(C)C(=O)NO)cc1.O=C(O)Cc1c(-c2ccccc2)c(-c2ccccc2)nn1-c1ccccc1. The van der Waals surface area contributed by atoms with E-state index in [4.69, 9.17) is 10.3 Å². The number of carbonyl (C=O) groups is 2. The Labute approximate surface area is 252 Å². The zero-order chi connectivity index (χ0) is 30.8. The zero-order valence-electron chi connectivity index (χ0n) is 24.6. The first-order chi connectivity index (χ1) is 20.8. The van der Waals surface area contributed by atoms with Crippen molar-refractivity contribution in [3.05, 3.63) is 132 Å². The normalized spacial score (nSPS) is 11.4. The van der Waals surface area contributed by atoms with Crippen LogP contribution in [-0.4, -0.2) is 32.0 Å². The average molecular weight is 576 g/mol. The predicted octanol–water partition coefficient (Wildman–Crippen LogP) is 7.33. The van der Waals surface area contributed by atoms with Gasteiger partial charge >= 0.3 is 5.97 Å². The van der Waals surface area contributed by atoms with E-state index in [9.17, 15) is 14.7 Å². The van der Waals surface area contributed by atoms with Gasteiger partial charge < -0.3 is 5.11 Å². The summed E-state index contributed by atoms with van der Waals surface area (Å²) in [7, 11) is 0. The molecule has 1 heterocycles. The summed E-state index contributed by atoms with van der Waals surface area (Å²) < 4.78 is 1.75. The molecule has 4 aromatic carbocycles. The van der Waals surface area contributed by atoms with Crippen molar-refractivity contribution in [1.82, 2.24) is 15.3 Å². The fraction of sp³-hybridized carbons (Fsp3) is 0.194. The number of hydrogen-bond acceptors (Lipinski definition) is 4. The molecule has 7 nitrogen and oxygen atoms in total. The van der Waals surface area contributed by atoms with Crippen molar-refractivity contribution in [2.24, 2.45) is 5.92 Å². The van der Waals surface area contributed by atoms with E-state index in [1.807, 2.05) is 115 Å². The molecule has 0 aliphatic heterocycles. The van der Waals surface area contributed by atoms with Crippen LogP contribution in [0.15, 0.2) is 115 Å². The van der Waals surface area contributed by atoms with Crippen LogP contribution in [0.3, 0.4) is 0 Å². The van der Waals surface area contributed by atoms with Gasteiger partial charge in [0.1, 0.15) is 5.69 Å². The lowest BCUT2D eigenvalue weighted by Gasteiger charge is -2.11. The molecule has 5 aromatic rings. The van der Waals surface area contributed by atoms with Crippen molar-refractivity contribution in [2.75, 3.05) is 0 Å². The highest BCUT2D eigenvalue weighted by molar-refractivity contribution is 5.86. The molecule has 0 saturated carbocycles. The first-order valence-corrected chi connectivity index (χ1v) is 14.3. The Bertz CT molecular complexity index is 1610. The summed E-state index contributed by atoms with van der Waals surface area (Å²) in [4.78, 5) is 22.9. The van der Waals surface area contributed by atoms with Crippen molar-refractivity contribution in [2.45, 2.75) is 39.5 Å². The Morgan fingerprint density at radius 3 is 1.81 bits per heavy atom. The van der Waals surface area contributed by atoms with Crippen molar-refractivity contribution in [1.29, 1.82) is 0 Å². The predicted molar refractivity (Wildman–Crippen MR) is 169 cm³/mol. The quantitative estimate of drug-likeness (QED) is 0.126. The number of carboxylic acid groups (broad SMARTS) is 1. The molecule has 0 aliphatic carbocycles. The second-order valence-corrected chi connectivity index (χ2v) is 10.8. The first-order valence-electron chi connectivity index (χ1n) is 14.3. The van der Waals surface area contributed by atoms with Crippen molar-refractivity contribution in [3.8, 4) is 28.1 Å². The highest BCUT2D eigenvalue weighted by Gasteiger charge is 2.23.